The van der Waals surface area contributed by atoms with E-state index in [1.54, 1.807) is 13.0 Å². The van der Waals surface area contributed by atoms with Crippen molar-refractivity contribution in [2.45, 2.75) is 20.1 Å². The third kappa shape index (κ3) is 4.73. The lowest BCUT2D eigenvalue weighted by molar-refractivity contribution is -0.385. The first kappa shape index (κ1) is 19.1. The van der Waals surface area contributed by atoms with Gasteiger partial charge in [0.2, 0.25) is 0 Å². The lowest BCUT2D eigenvalue weighted by atomic mass is 10.1. The first-order chi connectivity index (χ1) is 13.5. The molecular weight excluding hydrogens is 356 g/mol. The van der Waals surface area contributed by atoms with Crippen molar-refractivity contribution >= 4 is 11.6 Å². The van der Waals surface area contributed by atoms with E-state index < -0.39 is 4.92 Å². The number of benzene rings is 3. The quantitative estimate of drug-likeness (QED) is 0.489. The molecule has 3 aromatic rings. The zero-order chi connectivity index (χ0) is 19.9. The van der Waals surface area contributed by atoms with E-state index in [1.807, 2.05) is 54.6 Å². The summed E-state index contributed by atoms with van der Waals surface area (Å²) in [7, 11) is 0. The summed E-state index contributed by atoms with van der Waals surface area (Å²) in [5.41, 5.74) is 2.59. The monoisotopic (exact) mass is 376 g/mol. The van der Waals surface area contributed by atoms with Crippen LogP contribution in [0.5, 0.6) is 5.75 Å². The average Bonchev–Trinajstić information content (AvgIpc) is 2.72. The van der Waals surface area contributed by atoms with Gasteiger partial charge in [0.15, 0.2) is 0 Å². The molecule has 0 heterocycles. The van der Waals surface area contributed by atoms with E-state index in [0.29, 0.717) is 24.3 Å². The van der Waals surface area contributed by atoms with Crippen LogP contribution in [0.2, 0.25) is 0 Å². The van der Waals surface area contributed by atoms with Gasteiger partial charge in [-0.15, -0.1) is 0 Å². The van der Waals surface area contributed by atoms with Gasteiger partial charge < -0.3 is 10.1 Å². The molecule has 0 saturated carbocycles. The molecule has 0 unspecified atom stereocenters. The van der Waals surface area contributed by atoms with Crippen molar-refractivity contribution in [3.8, 4) is 5.75 Å². The molecule has 3 rings (SSSR count). The Morgan fingerprint density at radius 2 is 1.68 bits per heavy atom. The number of ether oxygens (including phenoxy) is 1. The number of carbonyl (C=O) groups excluding carboxylic acids is 1. The summed E-state index contributed by atoms with van der Waals surface area (Å²) in [6, 6.07) is 21.8. The Labute approximate surface area is 162 Å². The molecule has 6 nitrogen and oxygen atoms in total. The Hall–Kier alpha value is -3.67. The fourth-order valence-corrected chi connectivity index (χ4v) is 2.79. The molecule has 1 N–H and O–H groups in total. The summed E-state index contributed by atoms with van der Waals surface area (Å²) in [6.45, 7) is 2.38. The van der Waals surface area contributed by atoms with Crippen molar-refractivity contribution in [3.63, 3.8) is 0 Å². The van der Waals surface area contributed by atoms with E-state index in [9.17, 15) is 14.9 Å². The number of nitro groups is 1. The first-order valence-corrected chi connectivity index (χ1v) is 8.82. The zero-order valence-electron chi connectivity index (χ0n) is 15.4. The Bertz CT molecular complexity index is 970. The molecule has 1 amide bonds. The average molecular weight is 376 g/mol. The standard InChI is InChI=1S/C22H20N2O4/c1-16-20(8-5-9-21(16)24(26)27)22(25)23-14-17-10-12-19(13-11-17)28-15-18-6-3-2-4-7-18/h2-13H,14-15H2,1H3,(H,23,25). The van der Waals surface area contributed by atoms with E-state index in [-0.39, 0.29) is 11.6 Å². The highest BCUT2D eigenvalue weighted by Gasteiger charge is 2.17. The van der Waals surface area contributed by atoms with Gasteiger partial charge in [-0.1, -0.05) is 48.5 Å². The summed E-state index contributed by atoms with van der Waals surface area (Å²) in [5.74, 6) is 0.402. The van der Waals surface area contributed by atoms with Crippen LogP contribution in [-0.4, -0.2) is 10.8 Å². The molecule has 0 aromatic heterocycles. The van der Waals surface area contributed by atoms with Crippen LogP contribution in [0.25, 0.3) is 0 Å². The smallest absolute Gasteiger partial charge is 0.273 e. The summed E-state index contributed by atoms with van der Waals surface area (Å²) >= 11 is 0. The predicted octanol–water partition coefficient (Wildman–Crippen LogP) is 4.41. The van der Waals surface area contributed by atoms with Crippen molar-refractivity contribution in [2.75, 3.05) is 0 Å². The highest BCUT2D eigenvalue weighted by molar-refractivity contribution is 5.96. The molecule has 28 heavy (non-hydrogen) atoms. The van der Waals surface area contributed by atoms with Crippen LogP contribution in [0, 0.1) is 17.0 Å². The van der Waals surface area contributed by atoms with E-state index >= 15 is 0 Å². The SMILES string of the molecule is Cc1c(C(=O)NCc2ccc(OCc3ccccc3)cc2)cccc1[N+](=O)[O-]. The Kier molecular flexibility index (Phi) is 6.01. The molecule has 0 radical (unpaired) electrons. The molecule has 0 fully saturated rings. The second-order valence-corrected chi connectivity index (χ2v) is 6.31. The summed E-state index contributed by atoms with van der Waals surface area (Å²) < 4.78 is 5.74. The van der Waals surface area contributed by atoms with Gasteiger partial charge >= 0.3 is 0 Å². The fraction of sp³-hybridized carbons (Fsp3) is 0.136. The van der Waals surface area contributed by atoms with Crippen molar-refractivity contribution < 1.29 is 14.5 Å². The van der Waals surface area contributed by atoms with Crippen LogP contribution in [-0.2, 0) is 13.2 Å². The zero-order valence-corrected chi connectivity index (χ0v) is 15.4. The number of carbonyl (C=O) groups is 1. The maximum Gasteiger partial charge on any atom is 0.273 e. The number of amides is 1. The molecule has 0 aliphatic carbocycles. The minimum absolute atomic E-state index is 0.0624. The van der Waals surface area contributed by atoms with Crippen LogP contribution >= 0.6 is 0 Å². The number of nitrogens with zero attached hydrogens (tertiary/aromatic N) is 1. The molecule has 3 aromatic carbocycles. The van der Waals surface area contributed by atoms with Gasteiger partial charge in [0.25, 0.3) is 11.6 Å². The Morgan fingerprint density at radius 1 is 0.964 bits per heavy atom. The Balaban J connectivity index is 1.57. The third-order valence-electron chi connectivity index (χ3n) is 4.37. The molecule has 0 atom stereocenters. The lowest BCUT2D eigenvalue weighted by Gasteiger charge is -2.09. The van der Waals surface area contributed by atoms with E-state index in [0.717, 1.165) is 16.9 Å². The van der Waals surface area contributed by atoms with Crippen molar-refractivity contribution in [1.82, 2.24) is 5.32 Å². The van der Waals surface area contributed by atoms with E-state index in [4.69, 9.17) is 4.74 Å². The molecule has 0 aliphatic rings. The lowest BCUT2D eigenvalue weighted by Crippen LogP contribution is -2.23. The summed E-state index contributed by atoms with van der Waals surface area (Å²) in [6.07, 6.45) is 0. The molecular formula is C22H20N2O4. The molecule has 6 heteroatoms. The topological polar surface area (TPSA) is 81.5 Å². The van der Waals surface area contributed by atoms with Gasteiger partial charge in [0.1, 0.15) is 12.4 Å². The first-order valence-electron chi connectivity index (χ1n) is 8.82. The number of rotatable bonds is 7. The van der Waals surface area contributed by atoms with Gasteiger partial charge in [-0.2, -0.15) is 0 Å². The summed E-state index contributed by atoms with van der Waals surface area (Å²) in [4.78, 5) is 22.9. The van der Waals surface area contributed by atoms with Crippen molar-refractivity contribution in [2.24, 2.45) is 0 Å². The van der Waals surface area contributed by atoms with Crippen LogP contribution in [0.1, 0.15) is 27.0 Å². The van der Waals surface area contributed by atoms with Gasteiger partial charge in [-0.25, -0.2) is 0 Å². The Morgan fingerprint density at radius 3 is 2.36 bits per heavy atom. The molecule has 142 valence electrons. The fourth-order valence-electron chi connectivity index (χ4n) is 2.79. The number of nitrogens with one attached hydrogen (secondary N) is 1. The summed E-state index contributed by atoms with van der Waals surface area (Å²) in [5, 5.41) is 13.8. The van der Waals surface area contributed by atoms with Crippen LogP contribution < -0.4 is 10.1 Å². The van der Waals surface area contributed by atoms with E-state index in [2.05, 4.69) is 5.32 Å². The highest BCUT2D eigenvalue weighted by Crippen LogP contribution is 2.21. The minimum atomic E-state index is -0.486. The maximum atomic E-state index is 12.4. The largest absolute Gasteiger partial charge is 0.489 e. The third-order valence-corrected chi connectivity index (χ3v) is 4.37. The highest BCUT2D eigenvalue weighted by atomic mass is 16.6. The molecule has 0 spiro atoms. The van der Waals surface area contributed by atoms with Gasteiger partial charge in [-0.3, -0.25) is 14.9 Å². The van der Waals surface area contributed by atoms with Gasteiger partial charge in [0.05, 0.1) is 4.92 Å². The van der Waals surface area contributed by atoms with Crippen LogP contribution in [0.4, 0.5) is 5.69 Å². The van der Waals surface area contributed by atoms with Crippen molar-refractivity contribution in [1.29, 1.82) is 0 Å². The van der Waals surface area contributed by atoms with E-state index in [1.165, 1.54) is 12.1 Å². The van der Waals surface area contributed by atoms with Gasteiger partial charge in [-0.05, 0) is 36.2 Å². The number of hydrogen-bond donors (Lipinski definition) is 1. The van der Waals surface area contributed by atoms with Crippen LogP contribution in [0.3, 0.4) is 0 Å². The molecule has 0 aliphatic heterocycles. The predicted molar refractivity (Wildman–Crippen MR) is 106 cm³/mol. The van der Waals surface area contributed by atoms with Crippen molar-refractivity contribution in [3.05, 3.63) is 105 Å². The van der Waals surface area contributed by atoms with Crippen LogP contribution in [0.15, 0.2) is 72.8 Å². The van der Waals surface area contributed by atoms with Gasteiger partial charge in [0, 0.05) is 23.7 Å². The second-order valence-electron chi connectivity index (χ2n) is 6.31. The minimum Gasteiger partial charge on any atom is -0.489 e. The maximum absolute atomic E-state index is 12.4. The molecule has 0 bridgehead atoms. The normalized spacial score (nSPS) is 10.3. The molecule has 0 saturated heterocycles. The number of hydrogen-bond acceptors (Lipinski definition) is 4. The second kappa shape index (κ2) is 8.81. The number of nitro benzene ring substituents is 1.